The second-order valence-corrected chi connectivity index (χ2v) is 10.7. The third-order valence-corrected chi connectivity index (χ3v) is 9.43. The van der Waals surface area contributed by atoms with E-state index in [-0.39, 0.29) is 24.3 Å². The zero-order valence-electron chi connectivity index (χ0n) is 19.6. The number of methoxy groups -OCH3 is 1. The van der Waals surface area contributed by atoms with E-state index in [1.807, 2.05) is 24.3 Å². The maximum atomic E-state index is 13.8. The number of nitrogens with zero attached hydrogens (tertiary/aromatic N) is 1. The van der Waals surface area contributed by atoms with E-state index in [2.05, 4.69) is 41.6 Å². The fourth-order valence-electron chi connectivity index (χ4n) is 7.33. The number of fused-ring (bicyclic) bond motifs is 1. The summed E-state index contributed by atoms with van der Waals surface area (Å²) < 4.78 is 5.46. The highest BCUT2D eigenvalue weighted by Crippen LogP contribution is 2.69. The summed E-state index contributed by atoms with van der Waals surface area (Å²) in [6, 6.07) is 17.8. The number of benzene rings is 2. The van der Waals surface area contributed by atoms with Gasteiger partial charge in [0, 0.05) is 41.5 Å². The molecule has 3 aliphatic carbocycles. The molecule has 1 N–H and O–H groups in total. The molecule has 1 saturated carbocycles. The van der Waals surface area contributed by atoms with Gasteiger partial charge < -0.3 is 14.7 Å². The number of aliphatic carboxylic acids is 1. The molecule has 4 aliphatic rings. The maximum absolute atomic E-state index is 13.8. The molecule has 2 fully saturated rings. The first-order valence-electron chi connectivity index (χ1n) is 11.9. The van der Waals surface area contributed by atoms with Crippen LogP contribution in [0.4, 0.5) is 0 Å². The van der Waals surface area contributed by atoms with Crippen molar-refractivity contribution in [3.8, 4) is 5.75 Å². The normalized spacial score (nSPS) is 28.3. The van der Waals surface area contributed by atoms with Gasteiger partial charge in [-0.25, -0.2) is 0 Å². The van der Waals surface area contributed by atoms with Crippen LogP contribution in [0, 0.1) is 11.3 Å². The van der Waals surface area contributed by atoms with Gasteiger partial charge in [-0.1, -0.05) is 49.0 Å². The monoisotopic (exact) mass is 485 g/mol. The Morgan fingerprint density at radius 3 is 2.66 bits per heavy atom. The van der Waals surface area contributed by atoms with E-state index in [0.29, 0.717) is 23.4 Å². The molecule has 2 aromatic carbocycles. The van der Waals surface area contributed by atoms with Crippen LogP contribution in [0.2, 0.25) is 0 Å². The number of likely N-dealkylation sites (tertiary alicyclic amines) is 1. The minimum atomic E-state index is -1.04. The van der Waals surface area contributed by atoms with Gasteiger partial charge >= 0.3 is 5.97 Å². The molecule has 1 saturated heterocycles. The Balaban J connectivity index is 1.48. The number of carboxylic acids is 1. The second-order valence-electron chi connectivity index (χ2n) is 9.92. The number of para-hydroxylation sites is 1. The number of ether oxygens (including phenoxy) is 1. The standard InChI is InChI=1S/C29H27NO4S/c1-18(20-7-4-6-10-24(20)34-2)26(31)30-15-25-28(19-12-14-35-16-19)13-11-23(29(25,17-30)27(32)33)21-8-3-5-9-22(21)28/h3-10,12,14,16,23,25H,1,11,13,15,17H2,2H3,(H,32,33). The lowest BCUT2D eigenvalue weighted by atomic mass is 9.42. The summed E-state index contributed by atoms with van der Waals surface area (Å²) in [6.45, 7) is 4.68. The molecule has 4 atom stereocenters. The zero-order chi connectivity index (χ0) is 24.4. The van der Waals surface area contributed by atoms with Crippen molar-refractivity contribution < 1.29 is 19.4 Å². The Morgan fingerprint density at radius 1 is 1.14 bits per heavy atom. The quantitative estimate of drug-likeness (QED) is 0.506. The number of hydrogen-bond acceptors (Lipinski definition) is 4. The highest BCUT2D eigenvalue weighted by atomic mass is 32.1. The third-order valence-electron chi connectivity index (χ3n) is 8.75. The van der Waals surface area contributed by atoms with Crippen LogP contribution >= 0.6 is 11.3 Å². The molecule has 7 rings (SSSR count). The van der Waals surface area contributed by atoms with Gasteiger partial charge in [0.05, 0.1) is 12.5 Å². The smallest absolute Gasteiger partial charge is 0.312 e. The SMILES string of the molecule is C=C(C(=O)N1CC2C3(c4ccsc4)CCC(c4ccccc43)C2(C(=O)O)C1)c1ccccc1OC. The van der Waals surface area contributed by atoms with Gasteiger partial charge in [-0.15, -0.1) is 0 Å². The van der Waals surface area contributed by atoms with Crippen molar-refractivity contribution in [2.75, 3.05) is 20.2 Å². The lowest BCUT2D eigenvalue weighted by Gasteiger charge is -2.59. The first kappa shape index (κ1) is 22.1. The summed E-state index contributed by atoms with van der Waals surface area (Å²) in [5, 5.41) is 15.0. The van der Waals surface area contributed by atoms with Crippen molar-refractivity contribution in [2.24, 2.45) is 11.3 Å². The largest absolute Gasteiger partial charge is 0.496 e. The molecule has 2 heterocycles. The summed E-state index contributed by atoms with van der Waals surface area (Å²) in [5.41, 5.74) is 3.03. The number of rotatable bonds is 5. The van der Waals surface area contributed by atoms with Gasteiger partial charge in [-0.05, 0) is 52.4 Å². The van der Waals surface area contributed by atoms with Crippen molar-refractivity contribution in [1.82, 2.24) is 4.90 Å². The summed E-state index contributed by atoms with van der Waals surface area (Å²) in [6.07, 6.45) is 1.69. The Bertz CT molecular complexity index is 1350. The average molecular weight is 486 g/mol. The minimum absolute atomic E-state index is 0.126. The maximum Gasteiger partial charge on any atom is 0.312 e. The predicted octanol–water partition coefficient (Wildman–Crippen LogP) is 5.18. The first-order chi connectivity index (χ1) is 16.9. The minimum Gasteiger partial charge on any atom is -0.496 e. The van der Waals surface area contributed by atoms with Gasteiger partial charge in [0.15, 0.2) is 0 Å². The molecule has 4 unspecified atom stereocenters. The van der Waals surface area contributed by atoms with E-state index < -0.39 is 16.8 Å². The van der Waals surface area contributed by atoms with Crippen LogP contribution in [-0.2, 0) is 15.0 Å². The Kier molecular flexibility index (Phi) is 4.94. The van der Waals surface area contributed by atoms with Gasteiger partial charge in [0.25, 0.3) is 5.91 Å². The van der Waals surface area contributed by atoms with Crippen molar-refractivity contribution in [1.29, 1.82) is 0 Å². The highest BCUT2D eigenvalue weighted by Gasteiger charge is 2.71. The molecule has 1 amide bonds. The summed E-state index contributed by atoms with van der Waals surface area (Å²) in [7, 11) is 1.57. The van der Waals surface area contributed by atoms with E-state index in [0.717, 1.165) is 18.4 Å². The summed E-state index contributed by atoms with van der Waals surface area (Å²) in [4.78, 5) is 28.7. The van der Waals surface area contributed by atoms with Crippen LogP contribution in [0.3, 0.4) is 0 Å². The number of hydrogen-bond donors (Lipinski definition) is 1. The Morgan fingerprint density at radius 2 is 1.91 bits per heavy atom. The van der Waals surface area contributed by atoms with Crippen LogP contribution in [-0.4, -0.2) is 42.1 Å². The fourth-order valence-corrected chi connectivity index (χ4v) is 8.07. The number of carbonyl (C=O) groups excluding carboxylic acids is 1. The zero-order valence-corrected chi connectivity index (χ0v) is 20.4. The van der Waals surface area contributed by atoms with Crippen molar-refractivity contribution in [3.05, 3.63) is 94.2 Å². The number of thiophene rings is 1. The molecular formula is C29H27NO4S. The number of amides is 1. The summed E-state index contributed by atoms with van der Waals surface area (Å²) >= 11 is 1.64. The Labute approximate surface area is 208 Å². The second kappa shape index (κ2) is 7.82. The predicted molar refractivity (Wildman–Crippen MR) is 136 cm³/mol. The third kappa shape index (κ3) is 2.80. The molecule has 0 spiro atoms. The van der Waals surface area contributed by atoms with E-state index in [4.69, 9.17) is 4.74 Å². The van der Waals surface area contributed by atoms with Crippen LogP contribution in [0.15, 0.2) is 71.9 Å². The molecule has 1 aliphatic heterocycles. The molecule has 1 aromatic heterocycles. The molecule has 2 bridgehead atoms. The van der Waals surface area contributed by atoms with Crippen LogP contribution in [0.25, 0.3) is 5.57 Å². The molecule has 5 nitrogen and oxygen atoms in total. The first-order valence-corrected chi connectivity index (χ1v) is 12.9. The van der Waals surface area contributed by atoms with Crippen molar-refractivity contribution in [3.63, 3.8) is 0 Å². The van der Waals surface area contributed by atoms with Crippen molar-refractivity contribution in [2.45, 2.75) is 24.2 Å². The molecule has 3 aromatic rings. The lowest BCUT2D eigenvalue weighted by molar-refractivity contribution is -0.157. The topological polar surface area (TPSA) is 66.8 Å². The van der Waals surface area contributed by atoms with E-state index >= 15 is 0 Å². The van der Waals surface area contributed by atoms with Gasteiger partial charge in [-0.2, -0.15) is 11.3 Å². The molecule has 35 heavy (non-hydrogen) atoms. The number of carboxylic acid groups (broad SMARTS) is 1. The fraction of sp³-hybridized carbons (Fsp3) is 0.310. The van der Waals surface area contributed by atoms with E-state index in [9.17, 15) is 14.7 Å². The van der Waals surface area contributed by atoms with Crippen LogP contribution < -0.4 is 4.74 Å². The highest BCUT2D eigenvalue weighted by molar-refractivity contribution is 7.08. The van der Waals surface area contributed by atoms with Crippen molar-refractivity contribution >= 4 is 28.8 Å². The van der Waals surface area contributed by atoms with Gasteiger partial charge in [0.2, 0.25) is 0 Å². The number of carbonyl (C=O) groups is 2. The average Bonchev–Trinajstić information content (AvgIpc) is 3.58. The van der Waals surface area contributed by atoms with Gasteiger partial charge in [-0.3, -0.25) is 9.59 Å². The molecular weight excluding hydrogens is 458 g/mol. The molecule has 6 heteroatoms. The van der Waals surface area contributed by atoms with E-state index in [1.54, 1.807) is 29.4 Å². The van der Waals surface area contributed by atoms with E-state index in [1.165, 1.54) is 11.1 Å². The summed E-state index contributed by atoms with van der Waals surface area (Å²) in [5.74, 6) is -0.796. The molecule has 178 valence electrons. The molecule has 0 radical (unpaired) electrons. The van der Waals surface area contributed by atoms with Gasteiger partial charge in [0.1, 0.15) is 5.75 Å². The Hall–Kier alpha value is -3.38. The lowest BCUT2D eigenvalue weighted by Crippen LogP contribution is -2.60. The van der Waals surface area contributed by atoms with Crippen LogP contribution in [0.1, 0.15) is 41.0 Å². The van der Waals surface area contributed by atoms with Crippen LogP contribution in [0.5, 0.6) is 5.75 Å².